The molecule has 0 aliphatic carbocycles. The molecule has 24 heavy (non-hydrogen) atoms. The van der Waals surface area contributed by atoms with E-state index in [4.69, 9.17) is 0 Å². The van der Waals surface area contributed by atoms with Crippen LogP contribution in [0.25, 0.3) is 0 Å². The van der Waals surface area contributed by atoms with Crippen LogP contribution in [0.15, 0.2) is 38.5 Å². The Hall–Kier alpha value is -1.22. The molecule has 0 saturated carbocycles. The fraction of sp³-hybridized carbons (Fsp3) is 0.438. The van der Waals surface area contributed by atoms with Crippen molar-refractivity contribution in [3.8, 4) is 0 Å². The number of piperidine rings is 1. The number of thiophene rings is 2. The van der Waals surface area contributed by atoms with Gasteiger partial charge < -0.3 is 4.90 Å². The summed E-state index contributed by atoms with van der Waals surface area (Å²) in [5, 5.41) is 5.81. The van der Waals surface area contributed by atoms with Crippen molar-refractivity contribution in [3.05, 3.63) is 39.9 Å². The number of rotatable bonds is 5. The maximum atomic E-state index is 12.6. The maximum Gasteiger partial charge on any atom is 0.252 e. The Morgan fingerprint density at radius 1 is 1.29 bits per heavy atom. The molecule has 1 amide bonds. The number of nitrogens with zero attached hydrogens (tertiary/aromatic N) is 2. The van der Waals surface area contributed by atoms with Crippen LogP contribution in [0, 0.1) is 5.92 Å². The molecule has 2 aromatic rings. The second-order valence-corrected chi connectivity index (χ2v) is 9.83. The average Bonchev–Trinajstić information content (AvgIpc) is 3.28. The topological polar surface area (TPSA) is 57.7 Å². The number of carbonyl (C=O) groups is 1. The standard InChI is InChI=1S/C16H20N2O3S3/c1-17(11-13-6-10-22-12-13)16(19)14-4-7-18(8-5-14)24(20,21)15-3-2-9-23-15/h2-3,6,9-10,12,14H,4-5,7-8,11H2,1H3. The van der Waals surface area contributed by atoms with Gasteiger partial charge in [-0.05, 0) is 46.7 Å². The van der Waals surface area contributed by atoms with E-state index in [9.17, 15) is 13.2 Å². The van der Waals surface area contributed by atoms with E-state index in [1.807, 2.05) is 23.9 Å². The van der Waals surface area contributed by atoms with Crippen molar-refractivity contribution in [1.82, 2.24) is 9.21 Å². The summed E-state index contributed by atoms with van der Waals surface area (Å²) in [6, 6.07) is 5.39. The Balaban J connectivity index is 1.57. The van der Waals surface area contributed by atoms with Crippen molar-refractivity contribution in [2.45, 2.75) is 23.6 Å². The first-order valence-electron chi connectivity index (χ1n) is 7.78. The summed E-state index contributed by atoms with van der Waals surface area (Å²) in [6.07, 6.45) is 1.16. The Bertz CT molecular complexity index is 762. The highest BCUT2D eigenvalue weighted by atomic mass is 32.2. The first-order chi connectivity index (χ1) is 11.5. The molecule has 0 unspecified atom stereocenters. The predicted molar refractivity (Wildman–Crippen MR) is 96.6 cm³/mol. The molecule has 0 aromatic carbocycles. The van der Waals surface area contributed by atoms with E-state index in [0.29, 0.717) is 36.7 Å². The van der Waals surface area contributed by atoms with E-state index in [2.05, 4.69) is 0 Å². The molecule has 0 bridgehead atoms. The summed E-state index contributed by atoms with van der Waals surface area (Å²) >= 11 is 2.85. The summed E-state index contributed by atoms with van der Waals surface area (Å²) in [6.45, 7) is 1.42. The zero-order valence-electron chi connectivity index (χ0n) is 13.4. The smallest absolute Gasteiger partial charge is 0.252 e. The first-order valence-corrected chi connectivity index (χ1v) is 11.0. The van der Waals surface area contributed by atoms with E-state index < -0.39 is 10.0 Å². The SMILES string of the molecule is CN(Cc1ccsc1)C(=O)C1CCN(S(=O)(=O)c2cccs2)CC1. The molecule has 1 fully saturated rings. The Morgan fingerprint density at radius 3 is 2.62 bits per heavy atom. The van der Waals surface area contributed by atoms with Gasteiger partial charge in [-0.25, -0.2) is 8.42 Å². The molecule has 5 nitrogen and oxygen atoms in total. The fourth-order valence-corrected chi connectivity index (χ4v) is 6.20. The minimum absolute atomic E-state index is 0.0941. The van der Waals surface area contributed by atoms with E-state index in [0.717, 1.165) is 5.56 Å². The molecule has 0 atom stereocenters. The highest BCUT2D eigenvalue weighted by molar-refractivity contribution is 7.91. The van der Waals surface area contributed by atoms with Crippen molar-refractivity contribution in [2.75, 3.05) is 20.1 Å². The van der Waals surface area contributed by atoms with Gasteiger partial charge in [0.2, 0.25) is 5.91 Å². The quantitative estimate of drug-likeness (QED) is 0.796. The third kappa shape index (κ3) is 3.72. The molecule has 1 saturated heterocycles. The van der Waals surface area contributed by atoms with Gasteiger partial charge in [-0.15, -0.1) is 11.3 Å². The normalized spacial score (nSPS) is 17.0. The van der Waals surface area contributed by atoms with Crippen LogP contribution in [-0.4, -0.2) is 43.7 Å². The molecule has 3 heterocycles. The van der Waals surface area contributed by atoms with E-state index in [1.165, 1.54) is 15.6 Å². The summed E-state index contributed by atoms with van der Waals surface area (Å²) in [5.74, 6) is 0.0118. The molecule has 0 spiro atoms. The Kier molecular flexibility index (Phi) is 5.39. The van der Waals surface area contributed by atoms with E-state index in [1.54, 1.807) is 33.7 Å². The zero-order chi connectivity index (χ0) is 17.2. The Labute approximate surface area is 150 Å². The number of hydrogen-bond donors (Lipinski definition) is 0. The molecule has 8 heteroatoms. The van der Waals surface area contributed by atoms with Gasteiger partial charge in [0.25, 0.3) is 10.0 Å². The molecule has 1 aliphatic heterocycles. The van der Waals surface area contributed by atoms with Crippen LogP contribution >= 0.6 is 22.7 Å². The van der Waals surface area contributed by atoms with Gasteiger partial charge in [0, 0.05) is 32.6 Å². The third-order valence-corrected chi connectivity index (χ3v) is 8.27. The minimum atomic E-state index is -3.40. The van der Waals surface area contributed by atoms with Crippen LogP contribution in [0.1, 0.15) is 18.4 Å². The second-order valence-electron chi connectivity index (χ2n) is 5.94. The number of carbonyl (C=O) groups excluding carboxylic acids is 1. The summed E-state index contributed by atoms with van der Waals surface area (Å²) < 4.78 is 26.9. The van der Waals surface area contributed by atoms with Crippen molar-refractivity contribution >= 4 is 38.6 Å². The van der Waals surface area contributed by atoms with Crippen molar-refractivity contribution in [3.63, 3.8) is 0 Å². The molecule has 2 aromatic heterocycles. The van der Waals surface area contributed by atoms with Crippen molar-refractivity contribution < 1.29 is 13.2 Å². The lowest BCUT2D eigenvalue weighted by Gasteiger charge is -2.32. The number of sulfonamides is 1. The van der Waals surface area contributed by atoms with Crippen LogP contribution < -0.4 is 0 Å². The highest BCUT2D eigenvalue weighted by Gasteiger charge is 2.33. The van der Waals surface area contributed by atoms with Crippen molar-refractivity contribution in [1.29, 1.82) is 0 Å². The van der Waals surface area contributed by atoms with E-state index in [-0.39, 0.29) is 11.8 Å². The summed E-state index contributed by atoms with van der Waals surface area (Å²) in [5.41, 5.74) is 1.13. The van der Waals surface area contributed by atoms with Crippen LogP contribution in [-0.2, 0) is 21.4 Å². The summed E-state index contributed by atoms with van der Waals surface area (Å²) in [7, 11) is -1.59. The van der Waals surface area contributed by atoms with Gasteiger partial charge in [-0.1, -0.05) is 6.07 Å². The van der Waals surface area contributed by atoms with Gasteiger partial charge in [-0.3, -0.25) is 4.79 Å². The number of hydrogen-bond acceptors (Lipinski definition) is 5. The number of amides is 1. The zero-order valence-corrected chi connectivity index (χ0v) is 15.9. The minimum Gasteiger partial charge on any atom is -0.341 e. The lowest BCUT2D eigenvalue weighted by Crippen LogP contribution is -2.43. The van der Waals surface area contributed by atoms with Gasteiger partial charge in [0.1, 0.15) is 4.21 Å². The maximum absolute atomic E-state index is 12.6. The average molecular weight is 385 g/mol. The molecule has 0 N–H and O–H groups in total. The molecule has 3 rings (SSSR count). The van der Waals surface area contributed by atoms with Gasteiger partial charge >= 0.3 is 0 Å². The summed E-state index contributed by atoms with van der Waals surface area (Å²) in [4.78, 5) is 14.3. The molecule has 130 valence electrons. The lowest BCUT2D eigenvalue weighted by molar-refractivity contribution is -0.135. The molecular formula is C16H20N2O3S3. The lowest BCUT2D eigenvalue weighted by atomic mass is 9.96. The van der Waals surface area contributed by atoms with E-state index >= 15 is 0 Å². The molecule has 1 aliphatic rings. The third-order valence-electron chi connectivity index (χ3n) is 4.27. The van der Waals surface area contributed by atoms with Crippen LogP contribution in [0.3, 0.4) is 0 Å². The molecular weight excluding hydrogens is 364 g/mol. The van der Waals surface area contributed by atoms with Gasteiger partial charge in [0.15, 0.2) is 0 Å². The van der Waals surface area contributed by atoms with Crippen LogP contribution in [0.4, 0.5) is 0 Å². The van der Waals surface area contributed by atoms with Gasteiger partial charge in [0.05, 0.1) is 0 Å². The highest BCUT2D eigenvalue weighted by Crippen LogP contribution is 2.27. The van der Waals surface area contributed by atoms with Crippen LogP contribution in [0.2, 0.25) is 0 Å². The second kappa shape index (κ2) is 7.35. The first kappa shape index (κ1) is 17.6. The van der Waals surface area contributed by atoms with Crippen molar-refractivity contribution in [2.24, 2.45) is 5.92 Å². The molecule has 0 radical (unpaired) electrons. The fourth-order valence-electron chi connectivity index (χ4n) is 2.93. The van der Waals surface area contributed by atoms with Crippen LogP contribution in [0.5, 0.6) is 0 Å². The largest absolute Gasteiger partial charge is 0.341 e. The monoisotopic (exact) mass is 384 g/mol. The Morgan fingerprint density at radius 2 is 2.04 bits per heavy atom. The van der Waals surface area contributed by atoms with Gasteiger partial charge in [-0.2, -0.15) is 15.6 Å². The predicted octanol–water partition coefficient (Wildman–Crippen LogP) is 2.87.